The van der Waals surface area contributed by atoms with Crippen LogP contribution in [0, 0.1) is 13.8 Å². The zero-order chi connectivity index (χ0) is 17.8. The van der Waals surface area contributed by atoms with Crippen molar-refractivity contribution in [3.05, 3.63) is 71.1 Å². The van der Waals surface area contributed by atoms with E-state index in [4.69, 9.17) is 4.52 Å². The van der Waals surface area contributed by atoms with Crippen molar-refractivity contribution in [1.82, 2.24) is 25.3 Å². The van der Waals surface area contributed by atoms with E-state index in [1.807, 2.05) is 62.0 Å². The molecule has 1 aromatic carbocycles. The van der Waals surface area contributed by atoms with E-state index in [9.17, 15) is 4.79 Å². The molecule has 7 nitrogen and oxygen atoms in total. The largest absolute Gasteiger partial charge is 0.361 e. The second-order valence-corrected chi connectivity index (χ2v) is 5.87. The molecule has 0 saturated heterocycles. The van der Waals surface area contributed by atoms with Gasteiger partial charge in [-0.15, -0.1) is 0 Å². The maximum atomic E-state index is 12.4. The molecule has 0 fully saturated rings. The van der Waals surface area contributed by atoms with Gasteiger partial charge in [0.15, 0.2) is 0 Å². The van der Waals surface area contributed by atoms with Gasteiger partial charge >= 0.3 is 6.03 Å². The summed E-state index contributed by atoms with van der Waals surface area (Å²) < 4.78 is 7.01. The quantitative estimate of drug-likeness (QED) is 0.748. The van der Waals surface area contributed by atoms with E-state index in [1.165, 1.54) is 0 Å². The smallest absolute Gasteiger partial charge is 0.315 e. The zero-order valence-corrected chi connectivity index (χ0v) is 14.5. The molecule has 3 rings (SSSR count). The number of carbonyl (C=O) groups is 1. The third-order valence-electron chi connectivity index (χ3n) is 4.13. The molecular weight excluding hydrogens is 318 g/mol. The lowest BCUT2D eigenvalue weighted by Gasteiger charge is -2.19. The Labute approximate surface area is 146 Å². The van der Waals surface area contributed by atoms with E-state index in [0.29, 0.717) is 12.3 Å². The standard InChI is InChI=1S/C18H21N5O2/c1-12-15(13(2)25-22-12)11-20-18(24)21-16(14-7-5-4-6-8-14)17-19-9-10-23(17)3/h4-10,16H,11H2,1-3H3,(H2,20,21,24)/t16-/m0/s1. The Morgan fingerprint density at radius 2 is 2.04 bits per heavy atom. The predicted molar refractivity (Wildman–Crippen MR) is 92.8 cm³/mol. The van der Waals surface area contributed by atoms with E-state index in [0.717, 1.165) is 22.6 Å². The summed E-state index contributed by atoms with van der Waals surface area (Å²) in [5.74, 6) is 1.47. The summed E-state index contributed by atoms with van der Waals surface area (Å²) in [7, 11) is 1.90. The molecule has 0 saturated carbocycles. The van der Waals surface area contributed by atoms with Crippen LogP contribution in [0.2, 0.25) is 0 Å². The Balaban J connectivity index is 1.74. The highest BCUT2D eigenvalue weighted by Gasteiger charge is 2.20. The Hall–Kier alpha value is -3.09. The molecule has 0 aliphatic carbocycles. The molecule has 2 N–H and O–H groups in total. The van der Waals surface area contributed by atoms with Crippen molar-refractivity contribution in [3.63, 3.8) is 0 Å². The molecule has 3 aromatic rings. The van der Waals surface area contributed by atoms with Gasteiger partial charge in [0.1, 0.15) is 17.6 Å². The highest BCUT2D eigenvalue weighted by Crippen LogP contribution is 2.20. The van der Waals surface area contributed by atoms with Gasteiger partial charge in [-0.25, -0.2) is 9.78 Å². The highest BCUT2D eigenvalue weighted by molar-refractivity contribution is 5.75. The maximum absolute atomic E-state index is 12.4. The fraction of sp³-hybridized carbons (Fsp3) is 0.278. The van der Waals surface area contributed by atoms with E-state index >= 15 is 0 Å². The fourth-order valence-corrected chi connectivity index (χ4v) is 2.70. The average molecular weight is 339 g/mol. The van der Waals surface area contributed by atoms with Gasteiger partial charge in [0, 0.05) is 31.5 Å². The third kappa shape index (κ3) is 3.71. The van der Waals surface area contributed by atoms with Crippen LogP contribution in [-0.4, -0.2) is 20.7 Å². The Morgan fingerprint density at radius 3 is 2.64 bits per heavy atom. The SMILES string of the molecule is Cc1noc(C)c1CNC(=O)N[C@@H](c1ccccc1)c1nccn1C. The molecule has 130 valence electrons. The number of urea groups is 1. The number of amides is 2. The lowest BCUT2D eigenvalue weighted by Crippen LogP contribution is -2.39. The van der Waals surface area contributed by atoms with E-state index < -0.39 is 0 Å². The minimum absolute atomic E-state index is 0.281. The first-order valence-electron chi connectivity index (χ1n) is 8.04. The molecule has 2 heterocycles. The minimum atomic E-state index is -0.342. The summed E-state index contributed by atoms with van der Waals surface area (Å²) in [4.78, 5) is 16.8. The number of hydrogen-bond acceptors (Lipinski definition) is 4. The summed E-state index contributed by atoms with van der Waals surface area (Å²) in [6.45, 7) is 4.04. The predicted octanol–water partition coefficient (Wildman–Crippen LogP) is 2.61. The minimum Gasteiger partial charge on any atom is -0.361 e. The summed E-state index contributed by atoms with van der Waals surface area (Å²) in [6, 6.07) is 9.13. The van der Waals surface area contributed by atoms with Crippen molar-refractivity contribution in [1.29, 1.82) is 0 Å². The molecule has 0 unspecified atom stereocenters. The number of nitrogens with one attached hydrogen (secondary N) is 2. The zero-order valence-electron chi connectivity index (χ0n) is 14.5. The Kier molecular flexibility index (Phi) is 4.83. The van der Waals surface area contributed by atoms with Crippen LogP contribution in [0.1, 0.15) is 34.4 Å². The molecule has 2 aromatic heterocycles. The Bertz CT molecular complexity index is 834. The van der Waals surface area contributed by atoms with Crippen LogP contribution in [-0.2, 0) is 13.6 Å². The Morgan fingerprint density at radius 1 is 1.28 bits per heavy atom. The molecule has 0 aliphatic heterocycles. The number of benzene rings is 1. The van der Waals surface area contributed by atoms with E-state index in [2.05, 4.69) is 20.8 Å². The van der Waals surface area contributed by atoms with Crippen molar-refractivity contribution in [2.45, 2.75) is 26.4 Å². The first-order chi connectivity index (χ1) is 12.1. The van der Waals surface area contributed by atoms with Crippen LogP contribution in [0.4, 0.5) is 4.79 Å². The van der Waals surface area contributed by atoms with Gasteiger partial charge in [-0.2, -0.15) is 0 Å². The van der Waals surface area contributed by atoms with Gasteiger partial charge in [-0.3, -0.25) is 0 Å². The van der Waals surface area contributed by atoms with Crippen molar-refractivity contribution < 1.29 is 9.32 Å². The van der Waals surface area contributed by atoms with Gasteiger partial charge < -0.3 is 19.7 Å². The molecule has 1 atom stereocenters. The summed E-state index contributed by atoms with van der Waals surface area (Å²) in [6.07, 6.45) is 3.57. The first-order valence-corrected chi connectivity index (χ1v) is 8.04. The van der Waals surface area contributed by atoms with Gasteiger partial charge in [0.2, 0.25) is 0 Å². The number of hydrogen-bond donors (Lipinski definition) is 2. The average Bonchev–Trinajstić information content (AvgIpc) is 3.17. The second kappa shape index (κ2) is 7.21. The third-order valence-corrected chi connectivity index (χ3v) is 4.13. The number of nitrogens with zero attached hydrogens (tertiary/aromatic N) is 3. The number of carbonyl (C=O) groups excluding carboxylic acids is 1. The van der Waals surface area contributed by atoms with Gasteiger partial charge in [-0.1, -0.05) is 35.5 Å². The number of imidazole rings is 1. The van der Waals surface area contributed by atoms with Crippen molar-refractivity contribution in [2.24, 2.45) is 7.05 Å². The van der Waals surface area contributed by atoms with Crippen molar-refractivity contribution in [2.75, 3.05) is 0 Å². The van der Waals surface area contributed by atoms with Crippen LogP contribution in [0.3, 0.4) is 0 Å². The van der Waals surface area contributed by atoms with Gasteiger partial charge in [0.05, 0.1) is 5.69 Å². The first kappa shape index (κ1) is 16.8. The van der Waals surface area contributed by atoms with Crippen molar-refractivity contribution >= 4 is 6.03 Å². The molecule has 0 aliphatic rings. The molecule has 0 spiro atoms. The summed E-state index contributed by atoms with van der Waals surface area (Å²) in [5.41, 5.74) is 2.63. The lowest BCUT2D eigenvalue weighted by molar-refractivity contribution is 0.237. The maximum Gasteiger partial charge on any atom is 0.315 e. The van der Waals surface area contributed by atoms with Gasteiger partial charge in [0.25, 0.3) is 0 Å². The monoisotopic (exact) mass is 339 g/mol. The molecular formula is C18H21N5O2. The lowest BCUT2D eigenvalue weighted by atomic mass is 10.1. The second-order valence-electron chi connectivity index (χ2n) is 5.87. The summed E-state index contributed by atoms with van der Waals surface area (Å²) >= 11 is 0. The topological polar surface area (TPSA) is 85.0 Å². The molecule has 2 amide bonds. The van der Waals surface area contributed by atoms with Gasteiger partial charge in [-0.05, 0) is 19.4 Å². The van der Waals surface area contributed by atoms with Crippen LogP contribution in [0.5, 0.6) is 0 Å². The van der Waals surface area contributed by atoms with Crippen molar-refractivity contribution in [3.8, 4) is 0 Å². The number of rotatable bonds is 5. The number of aromatic nitrogens is 3. The fourth-order valence-electron chi connectivity index (χ4n) is 2.70. The molecule has 0 bridgehead atoms. The van der Waals surface area contributed by atoms with Crippen LogP contribution >= 0.6 is 0 Å². The van der Waals surface area contributed by atoms with E-state index in [-0.39, 0.29) is 12.1 Å². The van der Waals surface area contributed by atoms with Crippen LogP contribution in [0.15, 0.2) is 47.2 Å². The molecule has 0 radical (unpaired) electrons. The highest BCUT2D eigenvalue weighted by atomic mass is 16.5. The molecule has 25 heavy (non-hydrogen) atoms. The van der Waals surface area contributed by atoms with Crippen LogP contribution < -0.4 is 10.6 Å². The van der Waals surface area contributed by atoms with Crippen LogP contribution in [0.25, 0.3) is 0 Å². The molecule has 7 heteroatoms. The summed E-state index contributed by atoms with van der Waals surface area (Å²) in [5, 5.41) is 9.75. The normalized spacial score (nSPS) is 12.0. The van der Waals surface area contributed by atoms with E-state index in [1.54, 1.807) is 6.20 Å². The number of aryl methyl sites for hydroxylation is 3.